The fourth-order valence-corrected chi connectivity index (χ4v) is 4.99. The van der Waals surface area contributed by atoms with Crippen LogP contribution >= 0.6 is 23.6 Å². The number of carbonyl (C=O) groups is 1. The summed E-state index contributed by atoms with van der Waals surface area (Å²) in [7, 11) is 1.59. The van der Waals surface area contributed by atoms with Crippen molar-refractivity contribution in [1.82, 2.24) is 9.13 Å². The predicted octanol–water partition coefficient (Wildman–Crippen LogP) is 5.52. The lowest BCUT2D eigenvalue weighted by Crippen LogP contribution is -2.17. The number of imidazole rings is 1. The van der Waals surface area contributed by atoms with Crippen molar-refractivity contribution in [2.75, 3.05) is 12.4 Å². The molecule has 0 aliphatic heterocycles. The largest absolute Gasteiger partial charge is 0.497 e. The van der Waals surface area contributed by atoms with Gasteiger partial charge >= 0.3 is 0 Å². The van der Waals surface area contributed by atoms with Crippen LogP contribution in [0.1, 0.15) is 16.1 Å². The molecule has 0 unspecified atom stereocenters. The first kappa shape index (κ1) is 22.8. The van der Waals surface area contributed by atoms with Gasteiger partial charge in [-0.1, -0.05) is 18.2 Å². The number of amides is 1. The van der Waals surface area contributed by atoms with E-state index in [1.807, 2.05) is 34.9 Å². The van der Waals surface area contributed by atoms with Crippen LogP contribution in [-0.2, 0) is 24.2 Å². The monoisotopic (exact) mass is 479 g/mol. The third kappa shape index (κ3) is 5.02. The fraction of sp³-hybridized carbons (Fsp3) is 0.200. The fourth-order valence-electron chi connectivity index (χ4n) is 3.70. The molecule has 6 nitrogen and oxygen atoms in total. The molecule has 8 heteroatoms. The van der Waals surface area contributed by atoms with E-state index in [2.05, 4.69) is 23.7 Å². The van der Waals surface area contributed by atoms with E-state index >= 15 is 0 Å². The number of hydrogen-bond acceptors (Lipinski definition) is 5. The first-order valence-electron chi connectivity index (χ1n) is 10.5. The number of rotatable bonds is 8. The Bertz CT molecular complexity index is 1310. The normalized spacial score (nSPS) is 10.8. The van der Waals surface area contributed by atoms with Gasteiger partial charge in [-0.05, 0) is 72.5 Å². The smallest absolute Gasteiger partial charge is 0.230 e. The number of hydrogen-bond donors (Lipinski definition) is 2. The van der Waals surface area contributed by atoms with Gasteiger partial charge in [0, 0.05) is 23.5 Å². The lowest BCUT2D eigenvalue weighted by atomic mass is 10.2. The SMILES string of the molecule is COc1ccc(NC(=O)Cc2c(O)n(-c3ccccc3)c(=S)n2CCc2sccc2C)cc1. The molecule has 1 amide bonds. The van der Waals surface area contributed by atoms with E-state index in [1.165, 1.54) is 10.4 Å². The van der Waals surface area contributed by atoms with E-state index < -0.39 is 0 Å². The summed E-state index contributed by atoms with van der Waals surface area (Å²) >= 11 is 7.44. The Kier molecular flexibility index (Phi) is 6.96. The Morgan fingerprint density at radius 2 is 1.85 bits per heavy atom. The minimum absolute atomic E-state index is 0.00917. The lowest BCUT2D eigenvalue weighted by Gasteiger charge is -2.10. The van der Waals surface area contributed by atoms with Gasteiger partial charge in [0.25, 0.3) is 0 Å². The summed E-state index contributed by atoms with van der Waals surface area (Å²) in [5.41, 5.74) is 3.13. The molecule has 0 saturated heterocycles. The van der Waals surface area contributed by atoms with Crippen LogP contribution in [-0.4, -0.2) is 27.3 Å². The second-order valence-corrected chi connectivity index (χ2v) is 8.97. The van der Waals surface area contributed by atoms with Crippen LogP contribution in [0.3, 0.4) is 0 Å². The van der Waals surface area contributed by atoms with Crippen molar-refractivity contribution >= 4 is 35.1 Å². The van der Waals surface area contributed by atoms with Gasteiger partial charge in [0.05, 0.1) is 24.9 Å². The number of methoxy groups -OCH3 is 1. The summed E-state index contributed by atoms with van der Waals surface area (Å²) in [5.74, 6) is 0.457. The highest BCUT2D eigenvalue weighted by atomic mass is 32.1. The second kappa shape index (κ2) is 10.1. The Hall–Kier alpha value is -3.36. The summed E-state index contributed by atoms with van der Waals surface area (Å²) in [4.78, 5) is 14.1. The minimum Gasteiger partial charge on any atom is -0.497 e. The van der Waals surface area contributed by atoms with Crippen LogP contribution in [0, 0.1) is 11.7 Å². The first-order valence-corrected chi connectivity index (χ1v) is 11.8. The van der Waals surface area contributed by atoms with E-state index in [0.717, 1.165) is 12.1 Å². The van der Waals surface area contributed by atoms with Crippen molar-refractivity contribution in [3.05, 3.63) is 86.9 Å². The van der Waals surface area contributed by atoms with E-state index in [9.17, 15) is 9.90 Å². The predicted molar refractivity (Wildman–Crippen MR) is 134 cm³/mol. The highest BCUT2D eigenvalue weighted by Crippen LogP contribution is 2.28. The van der Waals surface area contributed by atoms with E-state index in [0.29, 0.717) is 28.4 Å². The number of benzene rings is 2. The maximum atomic E-state index is 12.9. The minimum atomic E-state index is -0.239. The third-order valence-electron chi connectivity index (χ3n) is 5.46. The highest BCUT2D eigenvalue weighted by Gasteiger charge is 2.21. The summed E-state index contributed by atoms with van der Waals surface area (Å²) in [6.07, 6.45) is 0.758. The Morgan fingerprint density at radius 1 is 1.12 bits per heavy atom. The van der Waals surface area contributed by atoms with E-state index in [1.54, 1.807) is 47.3 Å². The number of aryl methyl sites for hydroxylation is 2. The van der Waals surface area contributed by atoms with E-state index in [4.69, 9.17) is 17.0 Å². The van der Waals surface area contributed by atoms with E-state index in [-0.39, 0.29) is 18.2 Å². The van der Waals surface area contributed by atoms with Gasteiger partial charge in [-0.2, -0.15) is 0 Å². The third-order valence-corrected chi connectivity index (χ3v) is 6.95. The van der Waals surface area contributed by atoms with Gasteiger partial charge in [-0.3, -0.25) is 9.36 Å². The van der Waals surface area contributed by atoms with Crippen molar-refractivity contribution < 1.29 is 14.6 Å². The van der Waals surface area contributed by atoms with Gasteiger partial charge < -0.3 is 19.7 Å². The van der Waals surface area contributed by atoms with Gasteiger partial charge in [0.2, 0.25) is 11.8 Å². The molecular formula is C25H25N3O3S2. The number of aromatic hydroxyl groups is 1. The maximum absolute atomic E-state index is 12.9. The average Bonchev–Trinajstić information content (AvgIpc) is 3.33. The number of thiophene rings is 1. The molecule has 33 heavy (non-hydrogen) atoms. The van der Waals surface area contributed by atoms with Crippen molar-refractivity contribution in [3.63, 3.8) is 0 Å². The number of carbonyl (C=O) groups excluding carboxylic acids is 1. The van der Waals surface area contributed by atoms with Crippen LogP contribution in [0.15, 0.2) is 66.0 Å². The number of nitrogens with one attached hydrogen (secondary N) is 1. The molecule has 0 aliphatic rings. The molecule has 2 aromatic carbocycles. The van der Waals surface area contributed by atoms with Gasteiger partial charge in [-0.15, -0.1) is 11.3 Å². The molecule has 4 aromatic rings. The molecule has 170 valence electrons. The lowest BCUT2D eigenvalue weighted by molar-refractivity contribution is -0.115. The molecule has 2 heterocycles. The molecule has 0 radical (unpaired) electrons. The summed E-state index contributed by atoms with van der Waals surface area (Å²) < 4.78 is 9.10. The molecule has 0 atom stereocenters. The topological polar surface area (TPSA) is 68.4 Å². The van der Waals surface area contributed by atoms with Crippen molar-refractivity contribution in [2.45, 2.75) is 26.3 Å². The molecule has 0 spiro atoms. The molecule has 0 aliphatic carbocycles. The molecular weight excluding hydrogens is 454 g/mol. The summed E-state index contributed by atoms with van der Waals surface area (Å²) in [6, 6.07) is 18.6. The summed E-state index contributed by atoms with van der Waals surface area (Å²) in [5, 5.41) is 16.1. The quantitative estimate of drug-likeness (QED) is 0.327. The van der Waals surface area contributed by atoms with Crippen LogP contribution in [0.4, 0.5) is 5.69 Å². The maximum Gasteiger partial charge on any atom is 0.230 e. The molecule has 0 saturated carbocycles. The first-order chi connectivity index (χ1) is 16.0. The van der Waals surface area contributed by atoms with Crippen molar-refractivity contribution in [2.24, 2.45) is 0 Å². The molecule has 4 rings (SSSR count). The zero-order valence-corrected chi connectivity index (χ0v) is 20.1. The molecule has 0 bridgehead atoms. The van der Waals surface area contributed by atoms with Crippen LogP contribution in [0.25, 0.3) is 5.69 Å². The van der Waals surface area contributed by atoms with Crippen molar-refractivity contribution in [3.8, 4) is 17.3 Å². The number of aromatic nitrogens is 2. The number of nitrogens with zero attached hydrogens (tertiary/aromatic N) is 2. The number of para-hydroxylation sites is 1. The Labute approximate surface area is 201 Å². The summed E-state index contributed by atoms with van der Waals surface area (Å²) in [6.45, 7) is 2.65. The molecule has 2 N–H and O–H groups in total. The molecule has 2 aromatic heterocycles. The zero-order chi connectivity index (χ0) is 23.4. The van der Waals surface area contributed by atoms with Crippen LogP contribution in [0.2, 0.25) is 0 Å². The van der Waals surface area contributed by atoms with Crippen LogP contribution < -0.4 is 10.1 Å². The standard InChI is InChI=1S/C25H25N3O3S2/c1-17-13-15-33-22(17)12-14-27-21(16-23(29)26-18-8-10-20(31-2)11-9-18)24(30)28(25(27)32)19-6-4-3-5-7-19/h3-11,13,15,30H,12,14,16H2,1-2H3,(H,26,29). The number of anilines is 1. The van der Waals surface area contributed by atoms with Gasteiger partial charge in [0.15, 0.2) is 4.77 Å². The van der Waals surface area contributed by atoms with Gasteiger partial charge in [-0.25, -0.2) is 0 Å². The second-order valence-electron chi connectivity index (χ2n) is 7.61. The van der Waals surface area contributed by atoms with Crippen molar-refractivity contribution in [1.29, 1.82) is 0 Å². The van der Waals surface area contributed by atoms with Gasteiger partial charge in [0.1, 0.15) is 5.75 Å². The Balaban J connectivity index is 1.64. The molecule has 0 fully saturated rings. The zero-order valence-electron chi connectivity index (χ0n) is 18.4. The highest BCUT2D eigenvalue weighted by molar-refractivity contribution is 7.71. The Morgan fingerprint density at radius 3 is 2.48 bits per heavy atom. The average molecular weight is 480 g/mol. The number of ether oxygens (including phenoxy) is 1. The van der Waals surface area contributed by atoms with Crippen LogP contribution in [0.5, 0.6) is 11.6 Å².